The number of para-hydroxylation sites is 1. The predicted molar refractivity (Wildman–Crippen MR) is 136 cm³/mol. The number of benzene rings is 2. The van der Waals surface area contributed by atoms with Gasteiger partial charge in [0.1, 0.15) is 5.82 Å². The maximum absolute atomic E-state index is 13.3. The van der Waals surface area contributed by atoms with Crippen LogP contribution in [0, 0.1) is 11.7 Å². The Hall–Kier alpha value is -3.46. The van der Waals surface area contributed by atoms with Gasteiger partial charge in [0, 0.05) is 50.5 Å². The summed E-state index contributed by atoms with van der Waals surface area (Å²) in [4.78, 5) is 25.4. The number of anilines is 2. The first-order valence-corrected chi connectivity index (χ1v) is 12.9. The van der Waals surface area contributed by atoms with Gasteiger partial charge in [0.15, 0.2) is 0 Å². The van der Waals surface area contributed by atoms with Crippen LogP contribution in [0.3, 0.4) is 0 Å². The highest BCUT2D eigenvalue weighted by Crippen LogP contribution is 2.30. The summed E-state index contributed by atoms with van der Waals surface area (Å²) < 4.78 is 15.0. The maximum Gasteiger partial charge on any atom is 0.227 e. The standard InChI is InChI=1S/C26H27FN6OS/c27-21-10-8-19(9-11-21)23-18-33-25(28-23)35-26(29-33)32-12-4-5-20(17-32)24(34)31-15-13-30(14-16-31)22-6-2-1-3-7-22/h1-3,6-11,18,20H,4-5,12-17H2/t20-/m1/s1. The number of nitrogens with zero attached hydrogens (tertiary/aromatic N) is 6. The fourth-order valence-electron chi connectivity index (χ4n) is 5.01. The molecule has 2 aliphatic rings. The van der Waals surface area contributed by atoms with Crippen molar-refractivity contribution in [3.05, 3.63) is 66.6 Å². The van der Waals surface area contributed by atoms with Gasteiger partial charge in [-0.3, -0.25) is 4.79 Å². The average molecular weight is 491 g/mol. The number of rotatable bonds is 4. The van der Waals surface area contributed by atoms with Crippen molar-refractivity contribution in [3.63, 3.8) is 0 Å². The van der Waals surface area contributed by atoms with Gasteiger partial charge < -0.3 is 14.7 Å². The minimum absolute atomic E-state index is 0.00183. The molecule has 9 heteroatoms. The number of fused-ring (bicyclic) bond motifs is 1. The van der Waals surface area contributed by atoms with Crippen molar-refractivity contribution in [3.8, 4) is 11.3 Å². The Bertz CT molecular complexity index is 1280. The lowest BCUT2D eigenvalue weighted by atomic mass is 9.96. The van der Waals surface area contributed by atoms with E-state index in [1.54, 1.807) is 16.6 Å². The van der Waals surface area contributed by atoms with E-state index in [1.807, 2.05) is 17.2 Å². The second-order valence-corrected chi connectivity index (χ2v) is 10.1. The zero-order valence-corrected chi connectivity index (χ0v) is 20.2. The molecule has 2 saturated heterocycles. The molecular weight excluding hydrogens is 463 g/mol. The van der Waals surface area contributed by atoms with Crippen LogP contribution >= 0.6 is 11.3 Å². The Morgan fingerprint density at radius 3 is 2.46 bits per heavy atom. The van der Waals surface area contributed by atoms with Gasteiger partial charge in [-0.05, 0) is 49.2 Å². The lowest BCUT2D eigenvalue weighted by Gasteiger charge is -2.39. The molecule has 1 atom stereocenters. The van der Waals surface area contributed by atoms with Crippen LogP contribution in [0.4, 0.5) is 15.2 Å². The number of halogens is 1. The van der Waals surface area contributed by atoms with E-state index in [-0.39, 0.29) is 17.6 Å². The monoisotopic (exact) mass is 490 g/mol. The Morgan fingerprint density at radius 1 is 0.943 bits per heavy atom. The molecule has 0 unspecified atom stereocenters. The number of hydrogen-bond donors (Lipinski definition) is 0. The van der Waals surface area contributed by atoms with Crippen molar-refractivity contribution >= 4 is 33.0 Å². The average Bonchev–Trinajstić information content (AvgIpc) is 3.49. The number of amides is 1. The zero-order chi connectivity index (χ0) is 23.8. The lowest BCUT2D eigenvalue weighted by Crippen LogP contribution is -2.52. The highest BCUT2D eigenvalue weighted by atomic mass is 32.1. The lowest BCUT2D eigenvalue weighted by molar-refractivity contribution is -0.136. The van der Waals surface area contributed by atoms with E-state index in [0.29, 0.717) is 6.54 Å². The maximum atomic E-state index is 13.3. The Morgan fingerprint density at radius 2 is 1.71 bits per heavy atom. The quantitative estimate of drug-likeness (QED) is 0.430. The van der Waals surface area contributed by atoms with Gasteiger partial charge in [0.2, 0.25) is 16.0 Å². The molecule has 0 saturated carbocycles. The Balaban J connectivity index is 1.10. The summed E-state index contributed by atoms with van der Waals surface area (Å²) in [7, 11) is 0. The van der Waals surface area contributed by atoms with Gasteiger partial charge in [0.05, 0.1) is 17.8 Å². The first kappa shape index (κ1) is 22.0. The number of piperazine rings is 1. The molecule has 2 fully saturated rings. The normalized spacial score (nSPS) is 18.9. The molecule has 2 aromatic carbocycles. The third-order valence-electron chi connectivity index (χ3n) is 6.93. The number of carbonyl (C=O) groups excluding carboxylic acids is 1. The summed E-state index contributed by atoms with van der Waals surface area (Å²) in [5, 5.41) is 5.64. The topological polar surface area (TPSA) is 57.0 Å². The van der Waals surface area contributed by atoms with Gasteiger partial charge in [-0.15, -0.1) is 5.10 Å². The van der Waals surface area contributed by atoms with E-state index in [9.17, 15) is 9.18 Å². The number of aromatic nitrogens is 3. The summed E-state index contributed by atoms with van der Waals surface area (Å²) in [5.74, 6) is 0.00261. The van der Waals surface area contributed by atoms with E-state index >= 15 is 0 Å². The first-order chi connectivity index (χ1) is 17.1. The van der Waals surface area contributed by atoms with Gasteiger partial charge in [0.25, 0.3) is 0 Å². The smallest absolute Gasteiger partial charge is 0.227 e. The van der Waals surface area contributed by atoms with E-state index in [2.05, 4.69) is 39.0 Å². The van der Waals surface area contributed by atoms with Crippen molar-refractivity contribution in [1.29, 1.82) is 0 Å². The van der Waals surface area contributed by atoms with Gasteiger partial charge >= 0.3 is 0 Å². The van der Waals surface area contributed by atoms with Crippen molar-refractivity contribution in [1.82, 2.24) is 19.5 Å². The molecule has 4 heterocycles. The number of carbonyl (C=O) groups is 1. The number of imidazole rings is 1. The van der Waals surface area contributed by atoms with Crippen LogP contribution in [0.5, 0.6) is 0 Å². The zero-order valence-electron chi connectivity index (χ0n) is 19.4. The summed E-state index contributed by atoms with van der Waals surface area (Å²) >= 11 is 1.53. The number of piperidine rings is 1. The van der Waals surface area contributed by atoms with Crippen LogP contribution in [0.1, 0.15) is 12.8 Å². The van der Waals surface area contributed by atoms with Crippen molar-refractivity contribution in [2.75, 3.05) is 49.1 Å². The predicted octanol–water partition coefficient (Wildman–Crippen LogP) is 4.16. The van der Waals surface area contributed by atoms with Crippen LogP contribution in [0.15, 0.2) is 60.8 Å². The Labute approximate surface area is 207 Å². The van der Waals surface area contributed by atoms with Gasteiger partial charge in [-0.1, -0.05) is 29.5 Å². The van der Waals surface area contributed by atoms with Crippen molar-refractivity contribution in [2.45, 2.75) is 12.8 Å². The molecule has 0 bridgehead atoms. The fourth-order valence-corrected chi connectivity index (χ4v) is 5.93. The van der Waals surface area contributed by atoms with Crippen LogP contribution in [0.2, 0.25) is 0 Å². The second-order valence-electron chi connectivity index (χ2n) is 9.18. The second kappa shape index (κ2) is 9.30. The molecule has 7 nitrogen and oxygen atoms in total. The molecule has 4 aromatic rings. The Kier molecular flexibility index (Phi) is 5.85. The highest BCUT2D eigenvalue weighted by molar-refractivity contribution is 7.20. The molecule has 180 valence electrons. The summed E-state index contributed by atoms with van der Waals surface area (Å²) in [6, 6.07) is 16.7. The third kappa shape index (κ3) is 4.48. The molecule has 2 aliphatic heterocycles. The third-order valence-corrected chi connectivity index (χ3v) is 7.91. The SMILES string of the molecule is O=C([C@@H]1CCCN(c2nn3cc(-c4ccc(F)cc4)nc3s2)C1)N1CCN(c2ccccc2)CC1. The fraction of sp³-hybridized carbons (Fsp3) is 0.346. The highest BCUT2D eigenvalue weighted by Gasteiger charge is 2.32. The number of hydrogen-bond acceptors (Lipinski definition) is 6. The molecule has 35 heavy (non-hydrogen) atoms. The van der Waals surface area contributed by atoms with Crippen molar-refractivity contribution in [2.24, 2.45) is 5.92 Å². The summed E-state index contributed by atoms with van der Waals surface area (Å²) in [6.45, 7) is 4.85. The van der Waals surface area contributed by atoms with E-state index in [0.717, 1.165) is 66.9 Å². The molecule has 6 rings (SSSR count). The van der Waals surface area contributed by atoms with Crippen molar-refractivity contribution < 1.29 is 9.18 Å². The molecular formula is C26H27FN6OS. The van der Waals surface area contributed by atoms with Crippen LogP contribution in [0.25, 0.3) is 16.2 Å². The van der Waals surface area contributed by atoms with Gasteiger partial charge in [-0.25, -0.2) is 13.9 Å². The van der Waals surface area contributed by atoms with E-state index in [1.165, 1.54) is 29.2 Å². The van der Waals surface area contributed by atoms with Gasteiger partial charge in [-0.2, -0.15) is 0 Å². The summed E-state index contributed by atoms with van der Waals surface area (Å²) in [6.07, 6.45) is 3.77. The molecule has 2 aromatic heterocycles. The molecule has 0 spiro atoms. The summed E-state index contributed by atoms with van der Waals surface area (Å²) in [5.41, 5.74) is 2.86. The minimum atomic E-state index is -0.262. The van der Waals surface area contributed by atoms with E-state index in [4.69, 9.17) is 5.10 Å². The molecule has 0 aliphatic carbocycles. The minimum Gasteiger partial charge on any atom is -0.368 e. The van der Waals surface area contributed by atoms with E-state index < -0.39 is 0 Å². The molecule has 0 N–H and O–H groups in total. The van der Waals surface area contributed by atoms with Crippen LogP contribution in [-0.4, -0.2) is 64.7 Å². The molecule has 1 amide bonds. The van der Waals surface area contributed by atoms with Crippen LogP contribution < -0.4 is 9.80 Å². The first-order valence-electron chi connectivity index (χ1n) is 12.1. The largest absolute Gasteiger partial charge is 0.368 e. The van der Waals surface area contributed by atoms with Crippen LogP contribution in [-0.2, 0) is 4.79 Å². The molecule has 0 radical (unpaired) electrons.